The third-order valence-corrected chi connectivity index (χ3v) is 4.10. The predicted molar refractivity (Wildman–Crippen MR) is 79.5 cm³/mol. The topological polar surface area (TPSA) is 9.23 Å². The minimum absolute atomic E-state index is 0.368. The Morgan fingerprint density at radius 2 is 1.89 bits per heavy atom. The third kappa shape index (κ3) is 3.10. The molecule has 0 N–H and O–H groups in total. The summed E-state index contributed by atoms with van der Waals surface area (Å²) >= 11 is 9.85. The summed E-state index contributed by atoms with van der Waals surface area (Å²) < 4.78 is 19.9. The molecule has 2 rings (SSSR count). The van der Waals surface area contributed by atoms with Crippen molar-refractivity contribution >= 4 is 27.5 Å². The van der Waals surface area contributed by atoms with E-state index in [4.69, 9.17) is 16.3 Å². The molecule has 0 radical (unpaired) electrons. The molecule has 0 bridgehead atoms. The number of halogens is 3. The van der Waals surface area contributed by atoms with Gasteiger partial charge in [0.1, 0.15) is 11.6 Å². The van der Waals surface area contributed by atoms with Gasteiger partial charge in [-0.25, -0.2) is 4.39 Å². The Labute approximate surface area is 125 Å². The Morgan fingerprint density at radius 3 is 2.53 bits per heavy atom. The van der Waals surface area contributed by atoms with Crippen LogP contribution in [0, 0.1) is 12.7 Å². The van der Waals surface area contributed by atoms with E-state index in [-0.39, 0.29) is 5.82 Å². The van der Waals surface area contributed by atoms with Gasteiger partial charge in [0.2, 0.25) is 0 Å². The van der Waals surface area contributed by atoms with E-state index in [0.29, 0.717) is 11.3 Å². The second kappa shape index (κ2) is 5.93. The number of methoxy groups -OCH3 is 1. The molecule has 1 nitrogen and oxygen atoms in total. The van der Waals surface area contributed by atoms with Crippen molar-refractivity contribution in [3.63, 3.8) is 0 Å². The van der Waals surface area contributed by atoms with Crippen LogP contribution in [0.1, 0.15) is 22.1 Å². The summed E-state index contributed by atoms with van der Waals surface area (Å²) in [6.07, 6.45) is 0. The van der Waals surface area contributed by atoms with Crippen molar-refractivity contribution in [1.82, 2.24) is 0 Å². The Hall–Kier alpha value is -1.06. The fourth-order valence-electron chi connectivity index (χ4n) is 1.87. The summed E-state index contributed by atoms with van der Waals surface area (Å²) in [4.78, 5) is 0. The monoisotopic (exact) mass is 342 g/mol. The number of rotatable bonds is 3. The van der Waals surface area contributed by atoms with Crippen molar-refractivity contribution in [3.8, 4) is 5.75 Å². The van der Waals surface area contributed by atoms with Crippen LogP contribution in [-0.4, -0.2) is 7.11 Å². The molecule has 0 spiro atoms. The molecule has 0 aliphatic rings. The number of alkyl halides is 1. The first-order chi connectivity index (χ1) is 9.02. The second-order valence-corrected chi connectivity index (χ2v) is 5.57. The van der Waals surface area contributed by atoms with Crippen LogP contribution in [0.3, 0.4) is 0 Å². The van der Waals surface area contributed by atoms with Crippen LogP contribution in [0.2, 0.25) is 0 Å². The number of aryl methyl sites for hydroxylation is 1. The van der Waals surface area contributed by atoms with Gasteiger partial charge in [-0.15, -0.1) is 11.6 Å². The zero-order valence-corrected chi connectivity index (χ0v) is 12.9. The molecule has 0 heterocycles. The summed E-state index contributed by atoms with van der Waals surface area (Å²) in [5.41, 5.74) is 2.37. The molecule has 0 amide bonds. The molecular formula is C15H13BrClFO. The van der Waals surface area contributed by atoms with Gasteiger partial charge in [-0.3, -0.25) is 0 Å². The number of hydrogen-bond donors (Lipinski definition) is 0. The zero-order chi connectivity index (χ0) is 14.0. The summed E-state index contributed by atoms with van der Waals surface area (Å²) in [5, 5.41) is -0.541. The Bertz CT molecular complexity index is 601. The van der Waals surface area contributed by atoms with E-state index >= 15 is 0 Å². The maximum Gasteiger partial charge on any atom is 0.131 e. The smallest absolute Gasteiger partial charge is 0.131 e. The SMILES string of the molecule is COc1ccc(C(Cl)c2cc(C)ccc2Br)c(F)c1. The van der Waals surface area contributed by atoms with E-state index in [1.54, 1.807) is 12.1 Å². The lowest BCUT2D eigenvalue weighted by Crippen LogP contribution is -1.99. The van der Waals surface area contributed by atoms with E-state index in [9.17, 15) is 4.39 Å². The van der Waals surface area contributed by atoms with Gasteiger partial charge in [-0.05, 0) is 24.6 Å². The molecular weight excluding hydrogens is 331 g/mol. The third-order valence-electron chi connectivity index (χ3n) is 2.91. The average Bonchev–Trinajstić information content (AvgIpc) is 2.40. The van der Waals surface area contributed by atoms with Crippen LogP contribution in [0.4, 0.5) is 4.39 Å². The number of ether oxygens (including phenoxy) is 1. The first-order valence-corrected chi connectivity index (χ1v) is 6.99. The number of hydrogen-bond acceptors (Lipinski definition) is 1. The minimum Gasteiger partial charge on any atom is -0.497 e. The fourth-order valence-corrected chi connectivity index (χ4v) is 2.83. The minimum atomic E-state index is -0.541. The van der Waals surface area contributed by atoms with Crippen LogP contribution in [-0.2, 0) is 0 Å². The zero-order valence-electron chi connectivity index (χ0n) is 10.6. The van der Waals surface area contributed by atoms with Gasteiger partial charge in [0.15, 0.2) is 0 Å². The molecule has 0 aliphatic carbocycles. The van der Waals surface area contributed by atoms with E-state index in [0.717, 1.165) is 15.6 Å². The van der Waals surface area contributed by atoms with E-state index in [2.05, 4.69) is 15.9 Å². The average molecular weight is 344 g/mol. The second-order valence-electron chi connectivity index (χ2n) is 4.27. The van der Waals surface area contributed by atoms with Crippen LogP contribution >= 0.6 is 27.5 Å². The van der Waals surface area contributed by atoms with Crippen molar-refractivity contribution in [2.75, 3.05) is 7.11 Å². The summed E-state index contributed by atoms with van der Waals surface area (Å²) in [6.45, 7) is 1.98. The standard InChI is InChI=1S/C15H13BrClFO/c1-9-3-6-13(16)12(7-9)15(17)11-5-4-10(19-2)8-14(11)18/h3-8,15H,1-2H3. The highest BCUT2D eigenvalue weighted by molar-refractivity contribution is 9.10. The predicted octanol–water partition coefficient (Wildman–Crippen LogP) is 5.23. The van der Waals surface area contributed by atoms with E-state index in [1.807, 2.05) is 25.1 Å². The highest BCUT2D eigenvalue weighted by Crippen LogP contribution is 2.36. The quantitative estimate of drug-likeness (QED) is 0.693. The van der Waals surface area contributed by atoms with Crippen molar-refractivity contribution in [2.45, 2.75) is 12.3 Å². The molecule has 4 heteroatoms. The van der Waals surface area contributed by atoms with Crippen molar-refractivity contribution in [3.05, 3.63) is 63.4 Å². The summed E-state index contributed by atoms with van der Waals surface area (Å²) in [5.74, 6) is 0.112. The molecule has 0 aliphatic heterocycles. The van der Waals surface area contributed by atoms with Crippen LogP contribution < -0.4 is 4.74 Å². The van der Waals surface area contributed by atoms with Crippen LogP contribution in [0.5, 0.6) is 5.75 Å². The first kappa shape index (κ1) is 14.4. The Kier molecular flexibility index (Phi) is 4.48. The molecule has 1 unspecified atom stereocenters. The van der Waals surface area contributed by atoms with Gasteiger partial charge in [0.05, 0.1) is 12.5 Å². The molecule has 0 aromatic heterocycles. The maximum atomic E-state index is 14.0. The van der Waals surface area contributed by atoms with Crippen molar-refractivity contribution < 1.29 is 9.13 Å². The molecule has 19 heavy (non-hydrogen) atoms. The van der Waals surface area contributed by atoms with Gasteiger partial charge in [-0.1, -0.05) is 39.7 Å². The van der Waals surface area contributed by atoms with Gasteiger partial charge < -0.3 is 4.74 Å². The number of benzene rings is 2. The van der Waals surface area contributed by atoms with Gasteiger partial charge in [0, 0.05) is 16.1 Å². The van der Waals surface area contributed by atoms with Gasteiger partial charge in [-0.2, -0.15) is 0 Å². The van der Waals surface area contributed by atoms with E-state index < -0.39 is 5.38 Å². The van der Waals surface area contributed by atoms with Crippen LogP contribution in [0.15, 0.2) is 40.9 Å². The molecule has 2 aromatic carbocycles. The Balaban J connectivity index is 2.43. The lowest BCUT2D eigenvalue weighted by atomic mass is 10.0. The van der Waals surface area contributed by atoms with E-state index in [1.165, 1.54) is 13.2 Å². The molecule has 0 saturated heterocycles. The molecule has 2 aromatic rings. The largest absolute Gasteiger partial charge is 0.497 e. The fraction of sp³-hybridized carbons (Fsp3) is 0.200. The molecule has 0 saturated carbocycles. The highest BCUT2D eigenvalue weighted by Gasteiger charge is 2.18. The highest BCUT2D eigenvalue weighted by atomic mass is 79.9. The normalized spacial score (nSPS) is 12.3. The summed E-state index contributed by atoms with van der Waals surface area (Å²) in [7, 11) is 1.50. The van der Waals surface area contributed by atoms with Gasteiger partial charge in [0.25, 0.3) is 0 Å². The molecule has 0 fully saturated rings. The van der Waals surface area contributed by atoms with Crippen LogP contribution in [0.25, 0.3) is 0 Å². The summed E-state index contributed by atoms with van der Waals surface area (Å²) in [6, 6.07) is 10.5. The van der Waals surface area contributed by atoms with Gasteiger partial charge >= 0.3 is 0 Å². The maximum absolute atomic E-state index is 14.0. The molecule has 100 valence electrons. The lowest BCUT2D eigenvalue weighted by molar-refractivity contribution is 0.410. The van der Waals surface area contributed by atoms with Crippen molar-refractivity contribution in [2.24, 2.45) is 0 Å². The first-order valence-electron chi connectivity index (χ1n) is 5.76. The molecule has 1 atom stereocenters. The van der Waals surface area contributed by atoms with Crippen molar-refractivity contribution in [1.29, 1.82) is 0 Å². The lowest BCUT2D eigenvalue weighted by Gasteiger charge is -2.14. The Morgan fingerprint density at radius 1 is 1.16 bits per heavy atom.